The van der Waals surface area contributed by atoms with E-state index in [1.165, 1.54) is 11.3 Å². The van der Waals surface area contributed by atoms with Gasteiger partial charge in [0.15, 0.2) is 0 Å². The Kier molecular flexibility index (Phi) is 5.30. The van der Waals surface area contributed by atoms with Crippen LogP contribution in [-0.4, -0.2) is 11.7 Å². The van der Waals surface area contributed by atoms with Gasteiger partial charge in [-0.1, -0.05) is 58.7 Å². The van der Waals surface area contributed by atoms with Gasteiger partial charge in [0.05, 0.1) is 0 Å². The van der Waals surface area contributed by atoms with E-state index >= 15 is 0 Å². The minimum Gasteiger partial charge on any atom is -0.311 e. The highest BCUT2D eigenvalue weighted by Gasteiger charge is 2.12. The Balaban J connectivity index is 1.95. The van der Waals surface area contributed by atoms with Gasteiger partial charge in [-0.15, -0.1) is 11.3 Å². The van der Waals surface area contributed by atoms with Gasteiger partial charge in [-0.3, -0.25) is 0 Å². The van der Waals surface area contributed by atoms with Crippen molar-refractivity contribution in [2.75, 3.05) is 0 Å². The van der Waals surface area contributed by atoms with Gasteiger partial charge in [-0.2, -0.15) is 0 Å². The molecule has 0 amide bonds. The van der Waals surface area contributed by atoms with Crippen molar-refractivity contribution in [3.8, 4) is 0 Å². The molecule has 0 radical (unpaired) electrons. The second-order valence-corrected chi connectivity index (χ2v) is 6.63. The van der Waals surface area contributed by atoms with E-state index in [-0.39, 0.29) is 0 Å². The van der Waals surface area contributed by atoms with Gasteiger partial charge in [0.2, 0.25) is 0 Å². The van der Waals surface area contributed by atoms with Crippen molar-refractivity contribution in [1.82, 2.24) is 0 Å². The first-order valence-corrected chi connectivity index (χ1v) is 8.62. The molecular weight excluding hydrogens is 365 g/mol. The number of carbonyl (C=O) groups is 1. The van der Waals surface area contributed by atoms with Crippen LogP contribution in [0.3, 0.4) is 0 Å². The van der Waals surface area contributed by atoms with Crippen molar-refractivity contribution in [1.29, 1.82) is 0 Å². The zero-order valence-electron chi connectivity index (χ0n) is 12.3. The summed E-state index contributed by atoms with van der Waals surface area (Å²) in [5.41, 5.74) is 2.08. The van der Waals surface area contributed by atoms with Crippen LogP contribution in [0.5, 0.6) is 0 Å². The minimum absolute atomic E-state index is 0.491. The molecular formula is C18H11Cl2NO2S. The van der Waals surface area contributed by atoms with Crippen LogP contribution < -0.4 is 0 Å². The number of hydrogen-bond acceptors (Lipinski definition) is 4. The Morgan fingerprint density at radius 2 is 1.42 bits per heavy atom. The molecule has 3 nitrogen and oxygen atoms in total. The number of halogens is 2. The van der Waals surface area contributed by atoms with Gasteiger partial charge in [0.25, 0.3) is 0 Å². The molecule has 0 bridgehead atoms. The summed E-state index contributed by atoms with van der Waals surface area (Å²) in [6.07, 6.45) is 0. The Morgan fingerprint density at radius 1 is 0.875 bits per heavy atom. The van der Waals surface area contributed by atoms with Gasteiger partial charge in [0, 0.05) is 21.2 Å². The van der Waals surface area contributed by atoms with Gasteiger partial charge in [-0.25, -0.2) is 4.79 Å². The first kappa shape index (κ1) is 16.7. The maximum absolute atomic E-state index is 12.0. The topological polar surface area (TPSA) is 38.7 Å². The van der Waals surface area contributed by atoms with E-state index in [0.717, 1.165) is 11.1 Å². The Morgan fingerprint density at radius 3 is 1.88 bits per heavy atom. The van der Waals surface area contributed by atoms with Crippen molar-refractivity contribution >= 4 is 46.2 Å². The monoisotopic (exact) mass is 375 g/mol. The molecule has 0 atom stereocenters. The van der Waals surface area contributed by atoms with E-state index in [4.69, 9.17) is 28.0 Å². The Hall–Kier alpha value is -2.14. The lowest BCUT2D eigenvalue weighted by Crippen LogP contribution is -2.07. The van der Waals surface area contributed by atoms with Crippen molar-refractivity contribution in [3.63, 3.8) is 0 Å². The number of rotatable bonds is 4. The van der Waals surface area contributed by atoms with E-state index in [1.54, 1.807) is 41.8 Å². The molecule has 6 heteroatoms. The molecule has 0 aliphatic carbocycles. The standard InChI is InChI=1S/C18H11Cl2NO2S/c19-14-7-3-12(4-8-14)17(13-5-9-15(20)10-6-13)21-23-18(22)16-2-1-11-24-16/h1-11H. The number of benzene rings is 2. The van der Waals surface area contributed by atoms with Gasteiger partial charge >= 0.3 is 5.97 Å². The molecule has 0 N–H and O–H groups in total. The van der Waals surface area contributed by atoms with Crippen molar-refractivity contribution in [3.05, 3.63) is 92.1 Å². The molecule has 3 aromatic rings. The van der Waals surface area contributed by atoms with E-state index < -0.39 is 5.97 Å². The van der Waals surface area contributed by atoms with Crippen LogP contribution in [0.2, 0.25) is 10.0 Å². The first-order valence-electron chi connectivity index (χ1n) is 6.98. The summed E-state index contributed by atoms with van der Waals surface area (Å²) in [5, 5.41) is 7.10. The second-order valence-electron chi connectivity index (χ2n) is 4.81. The van der Waals surface area contributed by atoms with Gasteiger partial charge in [0.1, 0.15) is 10.6 Å². The second kappa shape index (κ2) is 7.62. The van der Waals surface area contributed by atoms with Crippen molar-refractivity contribution in [2.24, 2.45) is 5.16 Å². The SMILES string of the molecule is O=C(ON=C(c1ccc(Cl)cc1)c1ccc(Cl)cc1)c1cccs1. The fourth-order valence-electron chi connectivity index (χ4n) is 2.01. The lowest BCUT2D eigenvalue weighted by molar-refractivity contribution is 0.0523. The van der Waals surface area contributed by atoms with E-state index in [9.17, 15) is 4.79 Å². The Labute approximate surface area is 153 Å². The van der Waals surface area contributed by atoms with Crippen LogP contribution in [0.25, 0.3) is 0 Å². The van der Waals surface area contributed by atoms with Crippen LogP contribution in [0.1, 0.15) is 20.8 Å². The normalized spacial score (nSPS) is 10.2. The smallest absolute Gasteiger partial charge is 0.311 e. The third-order valence-electron chi connectivity index (χ3n) is 3.18. The average Bonchev–Trinajstić information content (AvgIpc) is 3.12. The van der Waals surface area contributed by atoms with E-state index in [0.29, 0.717) is 20.6 Å². The summed E-state index contributed by atoms with van der Waals surface area (Å²) < 4.78 is 0. The maximum atomic E-state index is 12.0. The zero-order valence-corrected chi connectivity index (χ0v) is 14.6. The maximum Gasteiger partial charge on any atom is 0.375 e. The third kappa shape index (κ3) is 4.03. The van der Waals surface area contributed by atoms with Gasteiger partial charge in [-0.05, 0) is 35.7 Å². The molecule has 120 valence electrons. The van der Waals surface area contributed by atoms with Crippen LogP contribution >= 0.6 is 34.5 Å². The summed E-state index contributed by atoms with van der Waals surface area (Å²) in [5.74, 6) is -0.495. The lowest BCUT2D eigenvalue weighted by atomic mass is 10.0. The summed E-state index contributed by atoms with van der Waals surface area (Å²) in [4.78, 5) is 17.6. The van der Waals surface area contributed by atoms with Crippen LogP contribution in [0.15, 0.2) is 71.2 Å². The molecule has 1 aromatic heterocycles. The highest BCUT2D eigenvalue weighted by Crippen LogP contribution is 2.18. The molecule has 0 aliphatic rings. The summed E-state index contributed by atoms with van der Waals surface area (Å²) in [6, 6.07) is 17.7. The lowest BCUT2D eigenvalue weighted by Gasteiger charge is -2.07. The zero-order chi connectivity index (χ0) is 16.9. The molecule has 24 heavy (non-hydrogen) atoms. The third-order valence-corrected chi connectivity index (χ3v) is 4.53. The van der Waals surface area contributed by atoms with Crippen LogP contribution in [0.4, 0.5) is 0 Å². The number of nitrogens with zero attached hydrogens (tertiary/aromatic N) is 1. The predicted octanol–water partition coefficient (Wildman–Crippen LogP) is 5.66. The van der Waals surface area contributed by atoms with Crippen molar-refractivity contribution < 1.29 is 9.63 Å². The highest BCUT2D eigenvalue weighted by molar-refractivity contribution is 7.11. The predicted molar refractivity (Wildman–Crippen MR) is 98.3 cm³/mol. The summed E-state index contributed by atoms with van der Waals surface area (Å²) in [6.45, 7) is 0. The molecule has 0 fully saturated rings. The fourth-order valence-corrected chi connectivity index (χ4v) is 2.86. The molecule has 3 rings (SSSR count). The molecule has 0 saturated carbocycles. The number of hydrogen-bond donors (Lipinski definition) is 0. The van der Waals surface area contributed by atoms with Crippen molar-refractivity contribution in [2.45, 2.75) is 0 Å². The van der Waals surface area contributed by atoms with Crippen LogP contribution in [-0.2, 0) is 4.84 Å². The minimum atomic E-state index is -0.495. The quantitative estimate of drug-likeness (QED) is 0.335. The Bertz CT molecular complexity index is 810. The summed E-state index contributed by atoms with van der Waals surface area (Å²) >= 11 is 13.2. The molecule has 0 saturated heterocycles. The first-order chi connectivity index (χ1) is 11.6. The number of oxime groups is 1. The molecule has 0 spiro atoms. The largest absolute Gasteiger partial charge is 0.375 e. The number of thiophene rings is 1. The van der Waals surface area contributed by atoms with E-state index in [1.807, 2.05) is 24.3 Å². The summed E-state index contributed by atoms with van der Waals surface area (Å²) in [7, 11) is 0. The van der Waals surface area contributed by atoms with Gasteiger partial charge < -0.3 is 4.84 Å². The van der Waals surface area contributed by atoms with Crippen LogP contribution in [0, 0.1) is 0 Å². The fraction of sp³-hybridized carbons (Fsp3) is 0. The molecule has 1 heterocycles. The average molecular weight is 376 g/mol. The highest BCUT2D eigenvalue weighted by atomic mass is 35.5. The molecule has 2 aromatic carbocycles. The van der Waals surface area contributed by atoms with E-state index in [2.05, 4.69) is 5.16 Å². The molecule has 0 aliphatic heterocycles. The number of carbonyl (C=O) groups excluding carboxylic acids is 1. The molecule has 0 unspecified atom stereocenters.